The number of hydrogen-bond donors (Lipinski definition) is 2. The first-order valence-corrected chi connectivity index (χ1v) is 4.26. The Morgan fingerprint density at radius 3 is 2.38 bits per heavy atom. The van der Waals surface area contributed by atoms with E-state index in [-0.39, 0.29) is 12.4 Å². The Kier molecular flexibility index (Phi) is 4.63. The van der Waals surface area contributed by atoms with Gasteiger partial charge in [0.15, 0.2) is 0 Å². The van der Waals surface area contributed by atoms with Crippen LogP contribution in [0.5, 0.6) is 0 Å². The Morgan fingerprint density at radius 1 is 1.23 bits per heavy atom. The quantitative estimate of drug-likeness (QED) is 0.721. The Balaban J connectivity index is 0.00000144. The van der Waals surface area contributed by atoms with E-state index < -0.39 is 0 Å². The van der Waals surface area contributed by atoms with E-state index in [1.807, 2.05) is 19.1 Å². The molecule has 13 heavy (non-hydrogen) atoms. The topological polar surface area (TPSA) is 38.0 Å². The summed E-state index contributed by atoms with van der Waals surface area (Å²) in [5.41, 5.74) is 10.2. The van der Waals surface area contributed by atoms with Gasteiger partial charge in [0.05, 0.1) is 0 Å². The molecule has 1 rings (SSSR count). The number of nitrogen functional groups attached to an aromatic ring is 1. The van der Waals surface area contributed by atoms with Gasteiger partial charge >= 0.3 is 0 Å². The highest BCUT2D eigenvalue weighted by molar-refractivity contribution is 5.85. The fourth-order valence-electron chi connectivity index (χ4n) is 1.22. The molecule has 1 aromatic rings. The third-order valence-electron chi connectivity index (χ3n) is 2.20. The molecule has 0 aliphatic rings. The molecule has 0 radical (unpaired) electrons. The summed E-state index contributed by atoms with van der Waals surface area (Å²) in [5.74, 6) is 0. The lowest BCUT2D eigenvalue weighted by Gasteiger charge is -2.11. The molecule has 3 heteroatoms. The maximum atomic E-state index is 5.76. The zero-order valence-corrected chi connectivity index (χ0v) is 9.16. The lowest BCUT2D eigenvalue weighted by molar-refractivity contribution is 1.19. The van der Waals surface area contributed by atoms with Crippen molar-refractivity contribution in [3.8, 4) is 0 Å². The number of hydrogen-bond acceptors (Lipinski definition) is 2. The zero-order valence-electron chi connectivity index (χ0n) is 8.35. The minimum Gasteiger partial charge on any atom is -0.399 e. The number of benzene rings is 1. The van der Waals surface area contributed by atoms with Crippen LogP contribution in [0.25, 0.3) is 0 Å². The lowest BCUT2D eigenvalue weighted by atomic mass is 10.1. The van der Waals surface area contributed by atoms with E-state index in [0.717, 1.165) is 12.2 Å². The Labute approximate surface area is 85.9 Å². The second kappa shape index (κ2) is 4.97. The van der Waals surface area contributed by atoms with Gasteiger partial charge in [0, 0.05) is 17.9 Å². The van der Waals surface area contributed by atoms with Gasteiger partial charge in [-0.25, -0.2) is 0 Å². The number of anilines is 2. The van der Waals surface area contributed by atoms with Crippen LogP contribution in [0.3, 0.4) is 0 Å². The fourth-order valence-corrected chi connectivity index (χ4v) is 1.22. The largest absolute Gasteiger partial charge is 0.399 e. The number of halogens is 1. The maximum absolute atomic E-state index is 5.76. The Hall–Kier alpha value is -0.890. The molecule has 0 bridgehead atoms. The first-order valence-electron chi connectivity index (χ1n) is 4.26. The Bertz CT molecular complexity index is 284. The summed E-state index contributed by atoms with van der Waals surface area (Å²) < 4.78 is 0. The second-order valence-electron chi connectivity index (χ2n) is 2.98. The van der Waals surface area contributed by atoms with Gasteiger partial charge in [-0.05, 0) is 44.0 Å². The first-order chi connectivity index (χ1) is 5.66. The summed E-state index contributed by atoms with van der Waals surface area (Å²) in [6.45, 7) is 7.17. The van der Waals surface area contributed by atoms with Crippen molar-refractivity contribution in [1.82, 2.24) is 0 Å². The van der Waals surface area contributed by atoms with Crippen LogP contribution in [-0.2, 0) is 0 Å². The van der Waals surface area contributed by atoms with Crippen LogP contribution in [0.4, 0.5) is 11.4 Å². The number of rotatable bonds is 2. The van der Waals surface area contributed by atoms with E-state index in [1.165, 1.54) is 16.8 Å². The summed E-state index contributed by atoms with van der Waals surface area (Å²) >= 11 is 0. The SMILES string of the molecule is CCNc1ccc(N)c(C)c1C.Cl. The summed E-state index contributed by atoms with van der Waals surface area (Å²) in [6, 6.07) is 3.97. The molecule has 0 amide bonds. The van der Waals surface area contributed by atoms with Crippen molar-refractivity contribution in [2.24, 2.45) is 0 Å². The van der Waals surface area contributed by atoms with Crippen LogP contribution in [-0.4, -0.2) is 6.54 Å². The average Bonchev–Trinajstić information content (AvgIpc) is 2.07. The first kappa shape index (κ1) is 12.1. The predicted octanol–water partition coefficient (Wildman–Crippen LogP) is 2.74. The smallest absolute Gasteiger partial charge is 0.0373 e. The third-order valence-corrected chi connectivity index (χ3v) is 2.20. The fraction of sp³-hybridized carbons (Fsp3) is 0.400. The van der Waals surface area contributed by atoms with Crippen molar-refractivity contribution in [2.45, 2.75) is 20.8 Å². The van der Waals surface area contributed by atoms with Gasteiger partial charge in [-0.1, -0.05) is 0 Å². The maximum Gasteiger partial charge on any atom is 0.0373 e. The molecule has 0 saturated heterocycles. The van der Waals surface area contributed by atoms with Crippen molar-refractivity contribution in [3.63, 3.8) is 0 Å². The zero-order chi connectivity index (χ0) is 9.14. The molecule has 0 unspecified atom stereocenters. The highest BCUT2D eigenvalue weighted by Crippen LogP contribution is 2.22. The number of nitrogens with one attached hydrogen (secondary N) is 1. The molecule has 0 fully saturated rings. The van der Waals surface area contributed by atoms with Gasteiger partial charge in [-0.3, -0.25) is 0 Å². The monoisotopic (exact) mass is 200 g/mol. The molecular formula is C10H17ClN2. The molecule has 3 N–H and O–H groups in total. The average molecular weight is 201 g/mol. The van der Waals surface area contributed by atoms with Crippen LogP contribution in [0.1, 0.15) is 18.1 Å². The summed E-state index contributed by atoms with van der Waals surface area (Å²) in [4.78, 5) is 0. The van der Waals surface area contributed by atoms with Gasteiger partial charge in [0.1, 0.15) is 0 Å². The van der Waals surface area contributed by atoms with Gasteiger partial charge in [0.25, 0.3) is 0 Å². The van der Waals surface area contributed by atoms with Gasteiger partial charge in [-0.15, -0.1) is 12.4 Å². The van der Waals surface area contributed by atoms with E-state index in [4.69, 9.17) is 5.73 Å². The van der Waals surface area contributed by atoms with Crippen LogP contribution >= 0.6 is 12.4 Å². The normalized spacial score (nSPS) is 9.15. The Morgan fingerprint density at radius 2 is 1.85 bits per heavy atom. The standard InChI is InChI=1S/C10H16N2.ClH/c1-4-12-10-6-5-9(11)7(2)8(10)3;/h5-6,12H,4,11H2,1-3H3;1H. The molecule has 1 aromatic carbocycles. The minimum atomic E-state index is 0. The molecule has 0 aromatic heterocycles. The highest BCUT2D eigenvalue weighted by atomic mass is 35.5. The van der Waals surface area contributed by atoms with Crippen molar-refractivity contribution in [3.05, 3.63) is 23.3 Å². The molecule has 0 heterocycles. The molecule has 0 aliphatic carbocycles. The van der Waals surface area contributed by atoms with Crippen LogP contribution in [0.15, 0.2) is 12.1 Å². The lowest BCUT2D eigenvalue weighted by Crippen LogP contribution is -2.01. The van der Waals surface area contributed by atoms with Crippen LogP contribution < -0.4 is 11.1 Å². The molecular weight excluding hydrogens is 184 g/mol. The highest BCUT2D eigenvalue weighted by Gasteiger charge is 2.01. The molecule has 0 atom stereocenters. The van der Waals surface area contributed by atoms with Crippen LogP contribution in [0, 0.1) is 13.8 Å². The minimum absolute atomic E-state index is 0. The number of nitrogens with two attached hydrogens (primary N) is 1. The van der Waals surface area contributed by atoms with Gasteiger partial charge in [0.2, 0.25) is 0 Å². The summed E-state index contributed by atoms with van der Waals surface area (Å²) in [6.07, 6.45) is 0. The van der Waals surface area contributed by atoms with E-state index >= 15 is 0 Å². The summed E-state index contributed by atoms with van der Waals surface area (Å²) in [5, 5.41) is 3.29. The second-order valence-corrected chi connectivity index (χ2v) is 2.98. The van der Waals surface area contributed by atoms with E-state index in [9.17, 15) is 0 Å². The summed E-state index contributed by atoms with van der Waals surface area (Å²) in [7, 11) is 0. The van der Waals surface area contributed by atoms with Crippen molar-refractivity contribution in [2.75, 3.05) is 17.6 Å². The predicted molar refractivity (Wildman–Crippen MR) is 61.7 cm³/mol. The molecule has 74 valence electrons. The van der Waals surface area contributed by atoms with E-state index in [2.05, 4.69) is 19.2 Å². The van der Waals surface area contributed by atoms with Gasteiger partial charge in [-0.2, -0.15) is 0 Å². The van der Waals surface area contributed by atoms with Crippen molar-refractivity contribution in [1.29, 1.82) is 0 Å². The van der Waals surface area contributed by atoms with Crippen molar-refractivity contribution >= 4 is 23.8 Å². The molecule has 2 nitrogen and oxygen atoms in total. The third kappa shape index (κ3) is 2.52. The molecule has 0 spiro atoms. The van der Waals surface area contributed by atoms with Crippen LogP contribution in [0.2, 0.25) is 0 Å². The van der Waals surface area contributed by atoms with E-state index in [0.29, 0.717) is 0 Å². The molecule has 0 saturated carbocycles. The van der Waals surface area contributed by atoms with E-state index in [1.54, 1.807) is 0 Å². The molecule has 0 aliphatic heterocycles. The van der Waals surface area contributed by atoms with Gasteiger partial charge < -0.3 is 11.1 Å². The van der Waals surface area contributed by atoms with Crippen molar-refractivity contribution < 1.29 is 0 Å².